The van der Waals surface area contributed by atoms with Gasteiger partial charge in [-0.3, -0.25) is 10.1 Å². The lowest BCUT2D eigenvalue weighted by Crippen LogP contribution is -2.35. The maximum atomic E-state index is 12.4. The zero-order valence-corrected chi connectivity index (χ0v) is 12.5. The van der Waals surface area contributed by atoms with Gasteiger partial charge in [0.25, 0.3) is 0 Å². The minimum atomic E-state index is -1.01. The fraction of sp³-hybridized carbons (Fsp3) is 0.643. The van der Waals surface area contributed by atoms with E-state index in [-0.39, 0.29) is 11.9 Å². The number of nitrogens with zero attached hydrogens (tertiary/aromatic N) is 4. The van der Waals surface area contributed by atoms with Crippen molar-refractivity contribution in [2.75, 3.05) is 5.32 Å². The number of hydrogen-bond donors (Lipinski definition) is 1. The standard InChI is InChI=1S/C14H21N5O/c1-5-7-14(9-15,8-6-2)12(20)17-13-16-10(3)11(4)18-19-13/h5-8H2,1-4H3,(H,16,17,19,20). The van der Waals surface area contributed by atoms with Gasteiger partial charge in [-0.2, -0.15) is 10.4 Å². The molecule has 1 aromatic heterocycles. The predicted octanol–water partition coefficient (Wildman–Crippen LogP) is 2.54. The molecule has 1 amide bonds. The molecule has 0 saturated carbocycles. The summed E-state index contributed by atoms with van der Waals surface area (Å²) >= 11 is 0. The minimum absolute atomic E-state index is 0.157. The zero-order chi connectivity index (χ0) is 15.2. The summed E-state index contributed by atoms with van der Waals surface area (Å²) in [6.07, 6.45) is 2.60. The molecule has 0 bridgehead atoms. The van der Waals surface area contributed by atoms with Crippen LogP contribution in [-0.4, -0.2) is 21.1 Å². The Balaban J connectivity index is 2.96. The lowest BCUT2D eigenvalue weighted by atomic mass is 9.80. The van der Waals surface area contributed by atoms with E-state index in [1.807, 2.05) is 13.8 Å². The highest BCUT2D eigenvalue weighted by molar-refractivity contribution is 5.95. The SMILES string of the molecule is CCCC(C#N)(CCC)C(=O)Nc1nnc(C)c(C)n1. The summed E-state index contributed by atoms with van der Waals surface area (Å²) in [6.45, 7) is 7.52. The summed E-state index contributed by atoms with van der Waals surface area (Å²) in [6, 6.07) is 2.18. The van der Waals surface area contributed by atoms with Gasteiger partial charge in [-0.1, -0.05) is 26.7 Å². The van der Waals surface area contributed by atoms with Crippen molar-refractivity contribution in [1.82, 2.24) is 15.2 Å². The van der Waals surface area contributed by atoms with Gasteiger partial charge >= 0.3 is 0 Å². The third-order valence-corrected chi connectivity index (χ3v) is 3.32. The fourth-order valence-electron chi connectivity index (χ4n) is 2.10. The fourth-order valence-corrected chi connectivity index (χ4v) is 2.10. The molecule has 0 spiro atoms. The summed E-state index contributed by atoms with van der Waals surface area (Å²) in [5.74, 6) is -0.182. The first-order valence-corrected chi connectivity index (χ1v) is 6.89. The van der Waals surface area contributed by atoms with Crippen molar-refractivity contribution >= 4 is 11.9 Å². The number of carbonyl (C=O) groups is 1. The Bertz CT molecular complexity index is 515. The smallest absolute Gasteiger partial charge is 0.249 e. The number of aryl methyl sites for hydroxylation is 2. The molecule has 0 aromatic carbocycles. The number of anilines is 1. The van der Waals surface area contributed by atoms with Crippen LogP contribution in [0.1, 0.15) is 50.9 Å². The van der Waals surface area contributed by atoms with E-state index in [2.05, 4.69) is 26.6 Å². The molecule has 1 aromatic rings. The quantitative estimate of drug-likeness (QED) is 0.861. The highest BCUT2D eigenvalue weighted by Crippen LogP contribution is 2.30. The van der Waals surface area contributed by atoms with Gasteiger partial charge in [-0.15, -0.1) is 5.10 Å². The van der Waals surface area contributed by atoms with Crippen LogP contribution in [-0.2, 0) is 4.79 Å². The van der Waals surface area contributed by atoms with Gasteiger partial charge in [0.05, 0.1) is 17.5 Å². The van der Waals surface area contributed by atoms with Crippen LogP contribution >= 0.6 is 0 Å². The van der Waals surface area contributed by atoms with Crippen LogP contribution in [0.2, 0.25) is 0 Å². The Morgan fingerprint density at radius 1 is 1.20 bits per heavy atom. The largest absolute Gasteiger partial charge is 0.292 e. The van der Waals surface area contributed by atoms with Gasteiger partial charge in [-0.25, -0.2) is 4.98 Å². The van der Waals surface area contributed by atoms with Gasteiger partial charge in [0.15, 0.2) is 0 Å². The Kier molecular flexibility index (Phi) is 5.56. The summed E-state index contributed by atoms with van der Waals surface area (Å²) in [7, 11) is 0. The van der Waals surface area contributed by atoms with Crippen molar-refractivity contribution < 1.29 is 4.79 Å². The number of nitrogens with one attached hydrogen (secondary N) is 1. The maximum absolute atomic E-state index is 12.4. The lowest BCUT2D eigenvalue weighted by molar-refractivity contribution is -0.123. The molecule has 0 aliphatic carbocycles. The first kappa shape index (κ1) is 16.0. The number of carbonyl (C=O) groups excluding carboxylic acids is 1. The molecule has 20 heavy (non-hydrogen) atoms. The topological polar surface area (TPSA) is 91.6 Å². The molecule has 1 rings (SSSR count). The summed E-state index contributed by atoms with van der Waals surface area (Å²) < 4.78 is 0. The van der Waals surface area contributed by atoms with Crippen LogP contribution in [0.5, 0.6) is 0 Å². The molecule has 0 aliphatic heterocycles. The second-order valence-electron chi connectivity index (χ2n) is 4.95. The normalized spacial score (nSPS) is 10.9. The van der Waals surface area contributed by atoms with Gasteiger partial charge in [0.2, 0.25) is 11.9 Å². The van der Waals surface area contributed by atoms with E-state index in [9.17, 15) is 10.1 Å². The van der Waals surface area contributed by atoms with Gasteiger partial charge in [0, 0.05) is 0 Å². The molecule has 0 radical (unpaired) electrons. The molecule has 1 heterocycles. The highest BCUT2D eigenvalue weighted by atomic mass is 16.2. The molecule has 0 aliphatic rings. The van der Waals surface area contributed by atoms with E-state index in [4.69, 9.17) is 0 Å². The molecular weight excluding hydrogens is 254 g/mol. The van der Waals surface area contributed by atoms with Crippen LogP contribution in [0.3, 0.4) is 0 Å². The Morgan fingerprint density at radius 3 is 2.25 bits per heavy atom. The number of nitriles is 1. The number of amides is 1. The first-order chi connectivity index (χ1) is 9.49. The van der Waals surface area contributed by atoms with Crippen LogP contribution in [0, 0.1) is 30.6 Å². The molecule has 0 atom stereocenters. The van der Waals surface area contributed by atoms with Crippen molar-refractivity contribution in [3.8, 4) is 6.07 Å². The number of aromatic nitrogens is 3. The molecule has 6 heteroatoms. The summed E-state index contributed by atoms with van der Waals surface area (Å²) in [5.41, 5.74) is 0.423. The monoisotopic (exact) mass is 275 g/mol. The van der Waals surface area contributed by atoms with Crippen molar-refractivity contribution in [2.45, 2.75) is 53.4 Å². The molecule has 0 unspecified atom stereocenters. The maximum Gasteiger partial charge on any atom is 0.249 e. The number of rotatable bonds is 6. The Labute approximate surface area is 119 Å². The zero-order valence-electron chi connectivity index (χ0n) is 12.5. The molecule has 0 fully saturated rings. The van der Waals surface area contributed by atoms with Crippen molar-refractivity contribution in [2.24, 2.45) is 5.41 Å². The van der Waals surface area contributed by atoms with Gasteiger partial charge in [-0.05, 0) is 26.7 Å². The Morgan fingerprint density at radius 2 is 1.80 bits per heavy atom. The molecule has 1 N–H and O–H groups in total. The molecule has 0 saturated heterocycles. The molecule has 6 nitrogen and oxygen atoms in total. The average molecular weight is 275 g/mol. The van der Waals surface area contributed by atoms with Crippen LogP contribution in [0.15, 0.2) is 0 Å². The van der Waals surface area contributed by atoms with E-state index in [1.54, 1.807) is 13.8 Å². The van der Waals surface area contributed by atoms with Crippen molar-refractivity contribution in [3.05, 3.63) is 11.4 Å². The van der Waals surface area contributed by atoms with Crippen LogP contribution in [0.25, 0.3) is 0 Å². The minimum Gasteiger partial charge on any atom is -0.292 e. The predicted molar refractivity (Wildman–Crippen MR) is 75.8 cm³/mol. The molecular formula is C14H21N5O. The van der Waals surface area contributed by atoms with E-state index in [1.165, 1.54) is 0 Å². The van der Waals surface area contributed by atoms with Crippen molar-refractivity contribution in [1.29, 1.82) is 5.26 Å². The molecule has 108 valence electrons. The third kappa shape index (κ3) is 3.50. The van der Waals surface area contributed by atoms with E-state index in [0.717, 1.165) is 18.5 Å². The summed E-state index contributed by atoms with van der Waals surface area (Å²) in [5, 5.41) is 19.8. The first-order valence-electron chi connectivity index (χ1n) is 6.89. The second-order valence-corrected chi connectivity index (χ2v) is 4.95. The van der Waals surface area contributed by atoms with E-state index in [0.29, 0.717) is 18.5 Å². The highest BCUT2D eigenvalue weighted by Gasteiger charge is 2.37. The van der Waals surface area contributed by atoms with Crippen LogP contribution < -0.4 is 5.32 Å². The lowest BCUT2D eigenvalue weighted by Gasteiger charge is -2.23. The van der Waals surface area contributed by atoms with E-state index >= 15 is 0 Å². The number of hydrogen-bond acceptors (Lipinski definition) is 5. The third-order valence-electron chi connectivity index (χ3n) is 3.32. The summed E-state index contributed by atoms with van der Waals surface area (Å²) in [4.78, 5) is 16.6. The van der Waals surface area contributed by atoms with Crippen LogP contribution in [0.4, 0.5) is 5.95 Å². The average Bonchev–Trinajstić information content (AvgIpc) is 2.42. The second kappa shape index (κ2) is 6.94. The van der Waals surface area contributed by atoms with Gasteiger partial charge in [0.1, 0.15) is 5.41 Å². The van der Waals surface area contributed by atoms with Gasteiger partial charge < -0.3 is 0 Å². The van der Waals surface area contributed by atoms with Crippen molar-refractivity contribution in [3.63, 3.8) is 0 Å². The van der Waals surface area contributed by atoms with E-state index < -0.39 is 5.41 Å². The Hall–Kier alpha value is -2.03.